The van der Waals surface area contributed by atoms with Gasteiger partial charge in [0.25, 0.3) is 0 Å². The van der Waals surface area contributed by atoms with Crippen molar-refractivity contribution >= 4 is 55.8 Å². The van der Waals surface area contributed by atoms with Crippen molar-refractivity contribution in [3.8, 4) is 28.6 Å². The van der Waals surface area contributed by atoms with Crippen molar-refractivity contribution < 1.29 is 0 Å². The van der Waals surface area contributed by atoms with E-state index >= 15 is 0 Å². The zero-order valence-corrected chi connectivity index (χ0v) is 22.6. The standard InChI is InChI=1S/C39H23N3/c40-24-27-8-7-15-37-39(27)32-22-25(16-17-26-18-20-31-30-11-3-6-14-35(30)42(37)38(31)23-26)19-21-36(32)41-33-12-4-1-9-28(33)29-10-2-5-13-34(29)41/h1-23H. The maximum atomic E-state index is 10.5. The van der Waals surface area contributed by atoms with Gasteiger partial charge in [0.2, 0.25) is 0 Å². The molecular weight excluding hydrogens is 510 g/mol. The lowest BCUT2D eigenvalue weighted by Crippen LogP contribution is -2.03. The summed E-state index contributed by atoms with van der Waals surface area (Å²) in [5.74, 6) is 0. The van der Waals surface area contributed by atoms with Gasteiger partial charge >= 0.3 is 0 Å². The van der Waals surface area contributed by atoms with Crippen molar-refractivity contribution in [3.05, 3.63) is 144 Å². The van der Waals surface area contributed by atoms with Crippen LogP contribution in [0.4, 0.5) is 0 Å². The van der Waals surface area contributed by atoms with E-state index in [9.17, 15) is 5.26 Å². The van der Waals surface area contributed by atoms with E-state index in [0.717, 1.165) is 55.7 Å². The van der Waals surface area contributed by atoms with Crippen molar-refractivity contribution in [1.29, 1.82) is 5.26 Å². The third-order valence-corrected chi connectivity index (χ3v) is 8.68. The Bertz CT molecular complexity index is 2430. The van der Waals surface area contributed by atoms with Gasteiger partial charge in [-0.25, -0.2) is 0 Å². The summed E-state index contributed by atoms with van der Waals surface area (Å²) in [6, 6.07) is 47.7. The Balaban J connectivity index is 1.49. The van der Waals surface area contributed by atoms with Crippen LogP contribution in [0.3, 0.4) is 0 Å². The Labute approximate surface area is 242 Å². The molecule has 0 atom stereocenters. The van der Waals surface area contributed by atoms with E-state index < -0.39 is 0 Å². The highest BCUT2D eigenvalue weighted by atomic mass is 15.0. The maximum Gasteiger partial charge on any atom is 0.0998 e. The van der Waals surface area contributed by atoms with E-state index in [0.29, 0.717) is 5.56 Å². The van der Waals surface area contributed by atoms with Gasteiger partial charge in [0.15, 0.2) is 0 Å². The molecule has 0 N–H and O–H groups in total. The molecule has 0 spiro atoms. The molecule has 1 aliphatic rings. The van der Waals surface area contributed by atoms with Crippen LogP contribution in [0.5, 0.6) is 0 Å². The smallest absolute Gasteiger partial charge is 0.0998 e. The van der Waals surface area contributed by atoms with Crippen LogP contribution < -0.4 is 0 Å². The minimum atomic E-state index is 0.650. The fourth-order valence-corrected chi connectivity index (χ4v) is 6.88. The number of nitrogens with zero attached hydrogens (tertiary/aromatic N) is 3. The summed E-state index contributed by atoms with van der Waals surface area (Å²) in [5, 5.41) is 15.4. The summed E-state index contributed by atoms with van der Waals surface area (Å²) < 4.78 is 4.69. The zero-order chi connectivity index (χ0) is 27.8. The number of benzene rings is 6. The molecule has 4 bridgehead atoms. The van der Waals surface area contributed by atoms with E-state index in [2.05, 4.69) is 143 Å². The average Bonchev–Trinajstić information content (AvgIpc) is 3.55. The monoisotopic (exact) mass is 533 g/mol. The number of hydrogen-bond donors (Lipinski definition) is 0. The van der Waals surface area contributed by atoms with Crippen molar-refractivity contribution in [2.75, 3.05) is 0 Å². The number of fused-ring (bicyclic) bond motifs is 12. The Morgan fingerprint density at radius 2 is 1.00 bits per heavy atom. The van der Waals surface area contributed by atoms with Gasteiger partial charge in [0.05, 0.1) is 45.1 Å². The van der Waals surface area contributed by atoms with E-state index in [1.807, 2.05) is 12.1 Å². The first-order chi connectivity index (χ1) is 20.8. The summed E-state index contributed by atoms with van der Waals surface area (Å²) >= 11 is 0. The molecule has 1 aliphatic heterocycles. The molecule has 9 rings (SSSR count). The van der Waals surface area contributed by atoms with Crippen LogP contribution in [0.1, 0.15) is 16.7 Å². The largest absolute Gasteiger partial charge is 0.309 e. The van der Waals surface area contributed by atoms with E-state index in [1.54, 1.807) is 0 Å². The number of hydrogen-bond acceptors (Lipinski definition) is 1. The minimum absolute atomic E-state index is 0.650. The maximum absolute atomic E-state index is 10.5. The van der Waals surface area contributed by atoms with Gasteiger partial charge in [-0.05, 0) is 59.7 Å². The number of aromatic nitrogens is 2. The number of nitriles is 1. The molecule has 0 radical (unpaired) electrons. The lowest BCUT2D eigenvalue weighted by atomic mass is 9.94. The van der Waals surface area contributed by atoms with Crippen LogP contribution in [-0.4, -0.2) is 9.13 Å². The van der Waals surface area contributed by atoms with Gasteiger partial charge in [-0.15, -0.1) is 0 Å². The molecule has 0 fully saturated rings. The zero-order valence-electron chi connectivity index (χ0n) is 22.6. The topological polar surface area (TPSA) is 33.6 Å². The minimum Gasteiger partial charge on any atom is -0.309 e. The quantitative estimate of drug-likeness (QED) is 0.207. The summed E-state index contributed by atoms with van der Waals surface area (Å²) in [7, 11) is 0. The van der Waals surface area contributed by atoms with Crippen LogP contribution in [0, 0.1) is 11.3 Å². The molecule has 0 aliphatic carbocycles. The van der Waals surface area contributed by atoms with Gasteiger partial charge in [0.1, 0.15) is 0 Å². The lowest BCUT2D eigenvalue weighted by molar-refractivity contribution is 1.16. The third-order valence-electron chi connectivity index (χ3n) is 8.68. The lowest BCUT2D eigenvalue weighted by Gasteiger charge is -2.20. The van der Waals surface area contributed by atoms with Gasteiger partial charge in [0, 0.05) is 32.7 Å². The second-order valence-corrected chi connectivity index (χ2v) is 10.9. The predicted octanol–water partition coefficient (Wildman–Crippen LogP) is 9.90. The molecule has 3 nitrogen and oxygen atoms in total. The Kier molecular flexibility index (Phi) is 4.68. The molecule has 0 saturated carbocycles. The summed E-state index contributed by atoms with van der Waals surface area (Å²) in [6.07, 6.45) is 4.36. The first-order valence-electron chi connectivity index (χ1n) is 14.2. The highest BCUT2D eigenvalue weighted by Crippen LogP contribution is 2.43. The van der Waals surface area contributed by atoms with Crippen molar-refractivity contribution in [1.82, 2.24) is 9.13 Å². The molecule has 3 heterocycles. The average molecular weight is 534 g/mol. The van der Waals surface area contributed by atoms with Crippen molar-refractivity contribution in [3.63, 3.8) is 0 Å². The van der Waals surface area contributed by atoms with Crippen molar-refractivity contribution in [2.24, 2.45) is 0 Å². The number of rotatable bonds is 1. The fourth-order valence-electron chi connectivity index (χ4n) is 6.88. The van der Waals surface area contributed by atoms with E-state index in [4.69, 9.17) is 0 Å². The molecule has 6 aromatic carbocycles. The molecule has 42 heavy (non-hydrogen) atoms. The van der Waals surface area contributed by atoms with Gasteiger partial charge in [-0.1, -0.05) is 91.0 Å². The fraction of sp³-hybridized carbons (Fsp3) is 0. The van der Waals surface area contributed by atoms with Gasteiger partial charge < -0.3 is 9.13 Å². The second-order valence-electron chi connectivity index (χ2n) is 10.9. The molecule has 0 saturated heterocycles. The van der Waals surface area contributed by atoms with Gasteiger partial charge in [-0.3, -0.25) is 0 Å². The summed E-state index contributed by atoms with van der Waals surface area (Å²) in [4.78, 5) is 0. The molecule has 0 unspecified atom stereocenters. The molecule has 2 aromatic heterocycles. The highest BCUT2D eigenvalue weighted by molar-refractivity contribution is 6.12. The molecule has 3 heteroatoms. The predicted molar refractivity (Wildman–Crippen MR) is 174 cm³/mol. The third kappa shape index (κ3) is 3.09. The Hall–Kier alpha value is -5.85. The van der Waals surface area contributed by atoms with Crippen molar-refractivity contribution in [2.45, 2.75) is 0 Å². The van der Waals surface area contributed by atoms with E-state index in [1.165, 1.54) is 21.5 Å². The van der Waals surface area contributed by atoms with Crippen LogP contribution in [0.25, 0.3) is 78.3 Å². The highest BCUT2D eigenvalue weighted by Gasteiger charge is 2.23. The van der Waals surface area contributed by atoms with Gasteiger partial charge in [-0.2, -0.15) is 5.26 Å². The summed E-state index contributed by atoms with van der Waals surface area (Å²) in [6.45, 7) is 0. The molecule has 0 amide bonds. The second kappa shape index (κ2) is 8.57. The SMILES string of the molecule is N#Cc1cccc2c1-c1cc(ccc1-n1c3ccccc3c3ccccc31)C=Cc1ccc3c4ccccc4n-2c3c1. The Morgan fingerprint density at radius 1 is 0.452 bits per heavy atom. The molecular formula is C39H23N3. The first-order valence-corrected chi connectivity index (χ1v) is 14.2. The Morgan fingerprint density at radius 3 is 1.64 bits per heavy atom. The van der Waals surface area contributed by atoms with Crippen LogP contribution in [0.15, 0.2) is 127 Å². The van der Waals surface area contributed by atoms with Crippen LogP contribution >= 0.6 is 0 Å². The van der Waals surface area contributed by atoms with Crippen LogP contribution in [0.2, 0.25) is 0 Å². The molecule has 8 aromatic rings. The summed E-state index contributed by atoms with van der Waals surface area (Å²) in [5.41, 5.74) is 11.4. The first kappa shape index (κ1) is 22.9. The molecule has 194 valence electrons. The van der Waals surface area contributed by atoms with Crippen LogP contribution in [-0.2, 0) is 0 Å². The van der Waals surface area contributed by atoms with E-state index in [-0.39, 0.29) is 0 Å². The number of para-hydroxylation sites is 3. The normalized spacial score (nSPS) is 12.2.